The summed E-state index contributed by atoms with van der Waals surface area (Å²) < 4.78 is 4.83. The van der Waals surface area contributed by atoms with Gasteiger partial charge in [-0.3, -0.25) is 0 Å². The molecule has 5 heteroatoms. The molecule has 0 aliphatic heterocycles. The average molecular weight is 171 g/mol. The van der Waals surface area contributed by atoms with Crippen molar-refractivity contribution in [2.24, 2.45) is 5.73 Å². The standard InChI is InChI=1S/C7H13N3O2/c1-3-5-9-7(12-10-5)6(8)4(2)11/h4,6,11H,3,8H2,1-2H3/t4-,6+/m1/s1. The van der Waals surface area contributed by atoms with Crippen molar-refractivity contribution in [2.45, 2.75) is 32.4 Å². The van der Waals surface area contributed by atoms with Crippen LogP contribution in [0.4, 0.5) is 0 Å². The van der Waals surface area contributed by atoms with Crippen molar-refractivity contribution in [3.05, 3.63) is 11.7 Å². The lowest BCUT2D eigenvalue weighted by Crippen LogP contribution is -2.23. The summed E-state index contributed by atoms with van der Waals surface area (Å²) in [5, 5.41) is 12.8. The van der Waals surface area contributed by atoms with Crippen LogP contribution in [0.1, 0.15) is 31.6 Å². The SMILES string of the molecule is CCc1noc([C@@H](N)[C@@H](C)O)n1. The molecule has 3 N–H and O–H groups in total. The van der Waals surface area contributed by atoms with Gasteiger partial charge in [-0.05, 0) is 6.92 Å². The molecule has 0 unspecified atom stereocenters. The summed E-state index contributed by atoms with van der Waals surface area (Å²) in [6, 6.07) is -0.585. The van der Waals surface area contributed by atoms with Crippen LogP contribution in [-0.4, -0.2) is 21.4 Å². The topological polar surface area (TPSA) is 85.2 Å². The van der Waals surface area contributed by atoms with E-state index < -0.39 is 12.1 Å². The summed E-state index contributed by atoms with van der Waals surface area (Å²) >= 11 is 0. The highest BCUT2D eigenvalue weighted by molar-refractivity contribution is 4.93. The Balaban J connectivity index is 2.74. The minimum atomic E-state index is -0.671. The second-order valence-corrected chi connectivity index (χ2v) is 2.67. The zero-order valence-corrected chi connectivity index (χ0v) is 7.19. The molecule has 1 heterocycles. The third kappa shape index (κ3) is 1.80. The van der Waals surface area contributed by atoms with Gasteiger partial charge in [0.2, 0.25) is 5.89 Å². The fraction of sp³-hybridized carbons (Fsp3) is 0.714. The van der Waals surface area contributed by atoms with Crippen molar-refractivity contribution >= 4 is 0 Å². The summed E-state index contributed by atoms with van der Waals surface area (Å²) in [5.74, 6) is 0.906. The van der Waals surface area contributed by atoms with Crippen molar-refractivity contribution in [3.63, 3.8) is 0 Å². The Morgan fingerprint density at radius 3 is 2.75 bits per heavy atom. The van der Waals surface area contributed by atoms with Crippen LogP contribution in [0.3, 0.4) is 0 Å². The molecule has 0 fully saturated rings. The fourth-order valence-corrected chi connectivity index (χ4v) is 0.753. The third-order valence-corrected chi connectivity index (χ3v) is 1.60. The molecule has 0 aromatic carbocycles. The zero-order chi connectivity index (χ0) is 9.14. The number of nitrogens with two attached hydrogens (primary N) is 1. The van der Waals surface area contributed by atoms with E-state index in [0.717, 1.165) is 0 Å². The Bertz CT molecular complexity index is 247. The van der Waals surface area contributed by atoms with Crippen molar-refractivity contribution < 1.29 is 9.63 Å². The van der Waals surface area contributed by atoms with Crippen LogP contribution < -0.4 is 5.73 Å². The molecule has 5 nitrogen and oxygen atoms in total. The molecular formula is C7H13N3O2. The summed E-state index contributed by atoms with van der Waals surface area (Å²) in [7, 11) is 0. The van der Waals surface area contributed by atoms with E-state index >= 15 is 0 Å². The van der Waals surface area contributed by atoms with Crippen LogP contribution in [0.5, 0.6) is 0 Å². The lowest BCUT2D eigenvalue weighted by molar-refractivity contribution is 0.146. The highest BCUT2D eigenvalue weighted by Crippen LogP contribution is 2.11. The Hall–Kier alpha value is -0.940. The largest absolute Gasteiger partial charge is 0.391 e. The van der Waals surface area contributed by atoms with E-state index in [9.17, 15) is 0 Å². The predicted molar refractivity (Wildman–Crippen MR) is 42.3 cm³/mol. The number of aliphatic hydroxyl groups is 1. The first-order chi connectivity index (χ1) is 5.65. The van der Waals surface area contributed by atoms with Gasteiger partial charge in [0, 0.05) is 6.42 Å². The minimum Gasteiger partial charge on any atom is -0.391 e. The Morgan fingerprint density at radius 2 is 2.33 bits per heavy atom. The maximum Gasteiger partial charge on any atom is 0.246 e. The van der Waals surface area contributed by atoms with E-state index in [-0.39, 0.29) is 0 Å². The van der Waals surface area contributed by atoms with E-state index in [1.54, 1.807) is 6.92 Å². The van der Waals surface area contributed by atoms with Gasteiger partial charge in [-0.2, -0.15) is 4.98 Å². The highest BCUT2D eigenvalue weighted by atomic mass is 16.5. The molecule has 12 heavy (non-hydrogen) atoms. The molecule has 68 valence electrons. The van der Waals surface area contributed by atoms with Crippen LogP contribution in [0, 0.1) is 0 Å². The van der Waals surface area contributed by atoms with E-state index in [4.69, 9.17) is 15.4 Å². The van der Waals surface area contributed by atoms with Gasteiger partial charge < -0.3 is 15.4 Å². The van der Waals surface area contributed by atoms with Gasteiger partial charge in [-0.25, -0.2) is 0 Å². The van der Waals surface area contributed by atoms with Crippen molar-refractivity contribution in [2.75, 3.05) is 0 Å². The molecule has 0 saturated heterocycles. The summed E-state index contributed by atoms with van der Waals surface area (Å²) in [6.07, 6.45) is 0.0332. The zero-order valence-electron chi connectivity index (χ0n) is 7.19. The van der Waals surface area contributed by atoms with Crippen LogP contribution in [0.2, 0.25) is 0 Å². The number of hydrogen-bond acceptors (Lipinski definition) is 5. The van der Waals surface area contributed by atoms with Gasteiger partial charge in [0.15, 0.2) is 5.82 Å². The highest BCUT2D eigenvalue weighted by Gasteiger charge is 2.18. The second kappa shape index (κ2) is 3.64. The van der Waals surface area contributed by atoms with Gasteiger partial charge in [0.1, 0.15) is 6.04 Å². The Kier molecular flexibility index (Phi) is 2.78. The summed E-state index contributed by atoms with van der Waals surface area (Å²) in [4.78, 5) is 3.99. The maximum atomic E-state index is 9.10. The van der Waals surface area contributed by atoms with Crippen LogP contribution in [0.15, 0.2) is 4.52 Å². The quantitative estimate of drug-likeness (QED) is 0.669. The number of nitrogens with zero attached hydrogens (tertiary/aromatic N) is 2. The number of aryl methyl sites for hydroxylation is 1. The molecular weight excluding hydrogens is 158 g/mol. The van der Waals surface area contributed by atoms with Crippen molar-refractivity contribution in [1.29, 1.82) is 0 Å². The van der Waals surface area contributed by atoms with Crippen molar-refractivity contribution in [1.82, 2.24) is 10.1 Å². The monoisotopic (exact) mass is 171 g/mol. The molecule has 0 saturated carbocycles. The van der Waals surface area contributed by atoms with E-state index in [1.807, 2.05) is 6.92 Å². The van der Waals surface area contributed by atoms with Gasteiger partial charge >= 0.3 is 0 Å². The lowest BCUT2D eigenvalue weighted by atomic mass is 10.2. The molecule has 2 atom stereocenters. The molecule has 0 amide bonds. The van der Waals surface area contributed by atoms with E-state index in [0.29, 0.717) is 18.1 Å². The normalized spacial score (nSPS) is 16.0. The minimum absolute atomic E-state index is 0.293. The molecule has 1 aromatic rings. The summed E-state index contributed by atoms with van der Waals surface area (Å²) in [5.41, 5.74) is 5.56. The summed E-state index contributed by atoms with van der Waals surface area (Å²) in [6.45, 7) is 3.50. The first-order valence-electron chi connectivity index (χ1n) is 3.91. The Morgan fingerprint density at radius 1 is 1.67 bits per heavy atom. The molecule has 0 radical (unpaired) electrons. The van der Waals surface area contributed by atoms with Gasteiger partial charge in [-0.1, -0.05) is 12.1 Å². The number of aromatic nitrogens is 2. The maximum absolute atomic E-state index is 9.10. The van der Waals surface area contributed by atoms with Crippen LogP contribution in [-0.2, 0) is 6.42 Å². The predicted octanol–water partition coefficient (Wildman–Crippen LogP) is 0.0126. The first kappa shape index (κ1) is 9.15. The van der Waals surface area contributed by atoms with Gasteiger partial charge in [-0.15, -0.1) is 0 Å². The fourth-order valence-electron chi connectivity index (χ4n) is 0.753. The molecule has 1 aromatic heterocycles. The number of rotatable bonds is 3. The third-order valence-electron chi connectivity index (χ3n) is 1.60. The number of hydrogen-bond donors (Lipinski definition) is 2. The van der Waals surface area contributed by atoms with Gasteiger partial charge in [0.05, 0.1) is 6.10 Å². The van der Waals surface area contributed by atoms with Crippen molar-refractivity contribution in [3.8, 4) is 0 Å². The Labute approximate surface area is 70.6 Å². The van der Waals surface area contributed by atoms with Crippen LogP contribution in [0.25, 0.3) is 0 Å². The molecule has 0 bridgehead atoms. The molecule has 0 aliphatic rings. The molecule has 0 spiro atoms. The van der Waals surface area contributed by atoms with Crippen LogP contribution >= 0.6 is 0 Å². The van der Waals surface area contributed by atoms with E-state index in [1.165, 1.54) is 0 Å². The first-order valence-corrected chi connectivity index (χ1v) is 3.91. The smallest absolute Gasteiger partial charge is 0.246 e. The number of aliphatic hydroxyl groups excluding tert-OH is 1. The van der Waals surface area contributed by atoms with Gasteiger partial charge in [0.25, 0.3) is 0 Å². The molecule has 1 rings (SSSR count). The average Bonchev–Trinajstić information content (AvgIpc) is 2.50. The molecule has 0 aliphatic carbocycles. The second-order valence-electron chi connectivity index (χ2n) is 2.67. The lowest BCUT2D eigenvalue weighted by Gasteiger charge is -2.08. The van der Waals surface area contributed by atoms with E-state index in [2.05, 4.69) is 10.1 Å².